The quantitative estimate of drug-likeness (QED) is 0.632. The molecule has 0 bridgehead atoms. The fourth-order valence-electron chi connectivity index (χ4n) is 2.00. The van der Waals surface area contributed by atoms with Gasteiger partial charge in [0.1, 0.15) is 6.54 Å². The monoisotopic (exact) mass is 332 g/mol. The van der Waals surface area contributed by atoms with E-state index >= 15 is 0 Å². The van der Waals surface area contributed by atoms with E-state index in [2.05, 4.69) is 30.7 Å². The Morgan fingerprint density at radius 2 is 2.21 bits per heavy atom. The molecule has 0 spiro atoms. The van der Waals surface area contributed by atoms with E-state index in [1.807, 2.05) is 0 Å². The molecule has 0 saturated carbocycles. The van der Waals surface area contributed by atoms with E-state index in [4.69, 9.17) is 4.42 Å². The van der Waals surface area contributed by atoms with Gasteiger partial charge in [-0.25, -0.2) is 14.3 Å². The minimum Gasteiger partial charge on any atom is -0.453 e. The Morgan fingerprint density at radius 1 is 1.38 bits per heavy atom. The summed E-state index contributed by atoms with van der Waals surface area (Å²) in [7, 11) is 1.22. The second-order valence-electron chi connectivity index (χ2n) is 4.66. The maximum atomic E-state index is 12.1. The first-order valence-electron chi connectivity index (χ1n) is 6.72. The van der Waals surface area contributed by atoms with E-state index in [-0.39, 0.29) is 17.9 Å². The van der Waals surface area contributed by atoms with Crippen LogP contribution < -0.4 is 16.4 Å². The SMILES string of the molecule is COC(=O)Nc1cn(CC(=O)Nc2cccc3[nH]c(=O)oc23)nn1. The molecule has 0 radical (unpaired) electrons. The number of rotatable bonds is 4. The number of carbonyl (C=O) groups is 2. The third kappa shape index (κ3) is 3.24. The summed E-state index contributed by atoms with van der Waals surface area (Å²) < 4.78 is 10.6. The van der Waals surface area contributed by atoms with Crippen LogP contribution in [0.1, 0.15) is 0 Å². The lowest BCUT2D eigenvalue weighted by Crippen LogP contribution is -2.19. The number of hydrogen-bond donors (Lipinski definition) is 3. The second kappa shape index (κ2) is 6.24. The third-order valence-corrected chi connectivity index (χ3v) is 2.98. The van der Waals surface area contributed by atoms with Crippen molar-refractivity contribution >= 4 is 34.6 Å². The zero-order valence-corrected chi connectivity index (χ0v) is 12.4. The molecule has 2 aromatic heterocycles. The molecule has 24 heavy (non-hydrogen) atoms. The number of fused-ring (bicyclic) bond motifs is 1. The summed E-state index contributed by atoms with van der Waals surface area (Å²) in [5.41, 5.74) is 1.08. The molecule has 0 unspecified atom stereocenters. The average molecular weight is 332 g/mol. The van der Waals surface area contributed by atoms with Gasteiger partial charge in [-0.15, -0.1) is 5.10 Å². The largest absolute Gasteiger partial charge is 0.453 e. The van der Waals surface area contributed by atoms with E-state index in [9.17, 15) is 14.4 Å². The molecule has 0 fully saturated rings. The molecule has 124 valence electrons. The van der Waals surface area contributed by atoms with Gasteiger partial charge >= 0.3 is 11.8 Å². The van der Waals surface area contributed by atoms with Crippen LogP contribution in [0.2, 0.25) is 0 Å². The van der Waals surface area contributed by atoms with Crippen molar-refractivity contribution in [3.05, 3.63) is 34.9 Å². The van der Waals surface area contributed by atoms with Gasteiger partial charge in [0.25, 0.3) is 0 Å². The smallest absolute Gasteiger partial charge is 0.417 e. The molecule has 3 N–H and O–H groups in total. The van der Waals surface area contributed by atoms with E-state index in [0.717, 1.165) is 0 Å². The summed E-state index contributed by atoms with van der Waals surface area (Å²) in [5.74, 6) is -0.879. The van der Waals surface area contributed by atoms with Crippen molar-refractivity contribution < 1.29 is 18.7 Å². The van der Waals surface area contributed by atoms with Gasteiger partial charge in [-0.2, -0.15) is 0 Å². The van der Waals surface area contributed by atoms with Crippen LogP contribution in [-0.2, 0) is 16.1 Å². The Labute approximate surface area is 133 Å². The molecule has 3 rings (SSSR count). The summed E-state index contributed by atoms with van der Waals surface area (Å²) in [6, 6.07) is 4.91. The number of aromatic nitrogens is 4. The van der Waals surface area contributed by atoms with Crippen LogP contribution in [0, 0.1) is 0 Å². The number of nitrogens with zero attached hydrogens (tertiary/aromatic N) is 3. The Bertz CT molecular complexity index is 955. The van der Waals surface area contributed by atoms with E-state index in [1.54, 1.807) is 18.2 Å². The highest BCUT2D eigenvalue weighted by Crippen LogP contribution is 2.20. The number of ether oxygens (including phenoxy) is 1. The number of amides is 2. The second-order valence-corrected chi connectivity index (χ2v) is 4.66. The fourth-order valence-corrected chi connectivity index (χ4v) is 2.00. The van der Waals surface area contributed by atoms with Crippen LogP contribution in [-0.4, -0.2) is 39.1 Å². The molecule has 0 saturated heterocycles. The topological polar surface area (TPSA) is 144 Å². The highest BCUT2D eigenvalue weighted by atomic mass is 16.5. The number of hydrogen-bond acceptors (Lipinski definition) is 7. The minimum atomic E-state index is -0.694. The number of anilines is 2. The number of aromatic amines is 1. The summed E-state index contributed by atoms with van der Waals surface area (Å²) in [5, 5.41) is 12.3. The number of oxazole rings is 1. The normalized spacial score (nSPS) is 10.5. The van der Waals surface area contributed by atoms with Crippen molar-refractivity contribution in [3.63, 3.8) is 0 Å². The zero-order valence-electron chi connectivity index (χ0n) is 12.4. The molecular weight excluding hydrogens is 320 g/mol. The number of H-pyrrole nitrogens is 1. The predicted molar refractivity (Wildman–Crippen MR) is 81.5 cm³/mol. The van der Waals surface area contributed by atoms with Gasteiger partial charge in [-0.3, -0.25) is 15.1 Å². The highest BCUT2D eigenvalue weighted by Gasteiger charge is 2.12. The molecule has 2 amide bonds. The molecule has 0 atom stereocenters. The maximum Gasteiger partial charge on any atom is 0.417 e. The van der Waals surface area contributed by atoms with Gasteiger partial charge in [0.05, 0.1) is 24.5 Å². The number of carbonyl (C=O) groups excluding carboxylic acids is 2. The molecular formula is C13H12N6O5. The van der Waals surface area contributed by atoms with Crippen LogP contribution in [0.3, 0.4) is 0 Å². The zero-order chi connectivity index (χ0) is 17.1. The first-order valence-corrected chi connectivity index (χ1v) is 6.72. The summed E-state index contributed by atoms with van der Waals surface area (Å²) in [6.07, 6.45) is 0.675. The number of methoxy groups -OCH3 is 1. The van der Waals surface area contributed by atoms with Crippen molar-refractivity contribution in [3.8, 4) is 0 Å². The predicted octanol–water partition coefficient (Wildman–Crippen LogP) is 0.530. The Kier molecular flexibility index (Phi) is 3.97. The lowest BCUT2D eigenvalue weighted by atomic mass is 10.3. The molecule has 0 aliphatic carbocycles. The third-order valence-electron chi connectivity index (χ3n) is 2.98. The van der Waals surface area contributed by atoms with Crippen molar-refractivity contribution in [2.45, 2.75) is 6.54 Å². The van der Waals surface area contributed by atoms with Crippen molar-refractivity contribution in [2.24, 2.45) is 0 Å². The van der Waals surface area contributed by atoms with Crippen LogP contribution in [0.25, 0.3) is 11.1 Å². The molecule has 0 aliphatic rings. The van der Waals surface area contributed by atoms with Crippen LogP contribution >= 0.6 is 0 Å². The fraction of sp³-hybridized carbons (Fsp3) is 0.154. The molecule has 3 aromatic rings. The van der Waals surface area contributed by atoms with Crippen molar-refractivity contribution in [1.29, 1.82) is 0 Å². The van der Waals surface area contributed by atoms with Gasteiger partial charge in [0.15, 0.2) is 11.4 Å². The van der Waals surface area contributed by atoms with Crippen molar-refractivity contribution in [1.82, 2.24) is 20.0 Å². The molecule has 11 nitrogen and oxygen atoms in total. The summed E-state index contributed by atoms with van der Waals surface area (Å²) >= 11 is 0. The summed E-state index contributed by atoms with van der Waals surface area (Å²) in [6.45, 7) is -0.152. The van der Waals surface area contributed by atoms with Gasteiger partial charge in [-0.1, -0.05) is 11.3 Å². The highest BCUT2D eigenvalue weighted by molar-refractivity contribution is 5.98. The lowest BCUT2D eigenvalue weighted by Gasteiger charge is -2.04. The van der Waals surface area contributed by atoms with E-state index in [0.29, 0.717) is 11.2 Å². The Morgan fingerprint density at radius 3 is 3.00 bits per heavy atom. The van der Waals surface area contributed by atoms with Crippen LogP contribution in [0.4, 0.5) is 16.3 Å². The van der Waals surface area contributed by atoms with Crippen molar-refractivity contribution in [2.75, 3.05) is 17.7 Å². The summed E-state index contributed by atoms with van der Waals surface area (Å²) in [4.78, 5) is 36.9. The molecule has 0 aliphatic heterocycles. The van der Waals surface area contributed by atoms with Gasteiger partial charge in [0, 0.05) is 0 Å². The first kappa shape index (κ1) is 15.3. The first-order chi connectivity index (χ1) is 11.5. The maximum absolute atomic E-state index is 12.1. The number of benzene rings is 1. The average Bonchev–Trinajstić information content (AvgIpc) is 3.13. The van der Waals surface area contributed by atoms with Crippen LogP contribution in [0.15, 0.2) is 33.6 Å². The standard InChI is InChI=1S/C13H12N6O5/c1-23-12(21)16-9-5-19(18-17-9)6-10(20)14-7-3-2-4-8-11(7)24-13(22)15-8/h2-5H,6H2,1H3,(H,14,20)(H,15,22)(H,16,21). The van der Waals surface area contributed by atoms with Gasteiger partial charge in [0.2, 0.25) is 5.91 Å². The molecule has 1 aromatic carbocycles. The van der Waals surface area contributed by atoms with E-state index in [1.165, 1.54) is 18.0 Å². The Hall–Kier alpha value is -3.63. The van der Waals surface area contributed by atoms with E-state index < -0.39 is 17.8 Å². The molecule has 11 heteroatoms. The number of para-hydroxylation sites is 1. The van der Waals surface area contributed by atoms with Crippen LogP contribution in [0.5, 0.6) is 0 Å². The lowest BCUT2D eigenvalue weighted by molar-refractivity contribution is -0.116. The minimum absolute atomic E-state index is 0.147. The van der Waals surface area contributed by atoms with Gasteiger partial charge < -0.3 is 14.5 Å². The molecule has 2 heterocycles. The number of nitrogens with one attached hydrogen (secondary N) is 3. The van der Waals surface area contributed by atoms with Gasteiger partial charge in [-0.05, 0) is 12.1 Å². The Balaban J connectivity index is 1.69.